The van der Waals surface area contributed by atoms with Gasteiger partial charge in [0.25, 0.3) is 0 Å². The summed E-state index contributed by atoms with van der Waals surface area (Å²) in [5.74, 6) is 0.887. The number of nitrogens with zero attached hydrogens (tertiary/aromatic N) is 3. The quantitative estimate of drug-likeness (QED) is 0.806. The average molecular weight is 275 g/mol. The van der Waals surface area contributed by atoms with E-state index in [0.29, 0.717) is 22.9 Å². The molecule has 0 saturated heterocycles. The maximum absolute atomic E-state index is 9.65. The molecular weight excluding hydrogens is 260 g/mol. The Morgan fingerprint density at radius 1 is 1.53 bits per heavy atom. The lowest BCUT2D eigenvalue weighted by molar-refractivity contribution is 0.0883. The van der Waals surface area contributed by atoms with Gasteiger partial charge >= 0.3 is 0 Å². The van der Waals surface area contributed by atoms with Crippen LogP contribution in [0.15, 0.2) is 10.7 Å². The zero-order chi connectivity index (χ0) is 11.6. The van der Waals surface area contributed by atoms with E-state index >= 15 is 0 Å². The van der Waals surface area contributed by atoms with Crippen LogP contribution >= 0.6 is 15.9 Å². The van der Waals surface area contributed by atoms with Crippen molar-refractivity contribution in [2.75, 3.05) is 24.2 Å². The second-order valence-electron chi connectivity index (χ2n) is 4.08. The standard InChI is InChI=1S/C9H15BrN4O/c1-9(2,15)5-14(3)8-12-6(10)4-7(11)13-8/h4,15H,5H2,1-3H3,(H2,11,12,13). The first-order valence-electron chi connectivity index (χ1n) is 4.51. The van der Waals surface area contributed by atoms with Crippen LogP contribution in [0, 0.1) is 0 Å². The van der Waals surface area contributed by atoms with Crippen LogP contribution in [0.1, 0.15) is 13.8 Å². The number of aromatic nitrogens is 2. The Hall–Kier alpha value is -0.880. The molecule has 0 aromatic carbocycles. The van der Waals surface area contributed by atoms with Gasteiger partial charge in [-0.2, -0.15) is 4.98 Å². The topological polar surface area (TPSA) is 75.3 Å². The molecular formula is C9H15BrN4O. The number of rotatable bonds is 3. The van der Waals surface area contributed by atoms with Crippen molar-refractivity contribution in [1.82, 2.24) is 9.97 Å². The number of likely N-dealkylation sites (N-methyl/N-ethyl adjacent to an activating group) is 1. The van der Waals surface area contributed by atoms with Crippen LogP contribution in [0.2, 0.25) is 0 Å². The molecule has 1 aromatic heterocycles. The van der Waals surface area contributed by atoms with Crippen molar-refractivity contribution >= 4 is 27.7 Å². The first kappa shape index (κ1) is 12.2. The average Bonchev–Trinajstić information content (AvgIpc) is 1.98. The summed E-state index contributed by atoms with van der Waals surface area (Å²) in [6, 6.07) is 1.63. The summed E-state index contributed by atoms with van der Waals surface area (Å²) in [5, 5.41) is 9.65. The molecule has 3 N–H and O–H groups in total. The largest absolute Gasteiger partial charge is 0.389 e. The van der Waals surface area contributed by atoms with Gasteiger partial charge in [-0.25, -0.2) is 4.98 Å². The van der Waals surface area contributed by atoms with Gasteiger partial charge in [0.2, 0.25) is 5.95 Å². The van der Waals surface area contributed by atoms with Gasteiger partial charge in [-0.3, -0.25) is 0 Å². The first-order chi connectivity index (χ1) is 6.78. The summed E-state index contributed by atoms with van der Waals surface area (Å²) in [5.41, 5.74) is 4.79. The van der Waals surface area contributed by atoms with E-state index in [9.17, 15) is 5.11 Å². The van der Waals surface area contributed by atoms with E-state index < -0.39 is 5.60 Å². The Morgan fingerprint density at radius 2 is 2.13 bits per heavy atom. The zero-order valence-corrected chi connectivity index (χ0v) is 10.6. The SMILES string of the molecule is CN(CC(C)(C)O)c1nc(N)cc(Br)n1. The zero-order valence-electron chi connectivity index (χ0n) is 9.03. The highest BCUT2D eigenvalue weighted by Crippen LogP contribution is 2.16. The summed E-state index contributed by atoms with van der Waals surface area (Å²) >= 11 is 3.24. The van der Waals surface area contributed by atoms with Crippen molar-refractivity contribution in [1.29, 1.82) is 0 Å². The Labute approximate surface area is 97.5 Å². The molecule has 0 bridgehead atoms. The van der Waals surface area contributed by atoms with E-state index in [1.807, 2.05) is 0 Å². The third-order valence-electron chi connectivity index (χ3n) is 1.67. The molecule has 6 heteroatoms. The molecule has 0 radical (unpaired) electrons. The lowest BCUT2D eigenvalue weighted by Gasteiger charge is -2.25. The van der Waals surface area contributed by atoms with Crippen molar-refractivity contribution in [3.05, 3.63) is 10.7 Å². The fraction of sp³-hybridized carbons (Fsp3) is 0.556. The van der Waals surface area contributed by atoms with E-state index in [1.54, 1.807) is 31.9 Å². The fourth-order valence-electron chi connectivity index (χ4n) is 1.24. The third-order valence-corrected chi connectivity index (χ3v) is 2.07. The Balaban J connectivity index is 2.86. The normalized spacial score (nSPS) is 11.5. The van der Waals surface area contributed by atoms with Crippen LogP contribution < -0.4 is 10.6 Å². The third kappa shape index (κ3) is 4.01. The molecule has 5 nitrogen and oxygen atoms in total. The van der Waals surface area contributed by atoms with Gasteiger partial charge in [0, 0.05) is 19.7 Å². The summed E-state index contributed by atoms with van der Waals surface area (Å²) < 4.78 is 0.632. The number of nitrogen functional groups attached to an aromatic ring is 1. The van der Waals surface area contributed by atoms with E-state index in [1.165, 1.54) is 0 Å². The summed E-state index contributed by atoms with van der Waals surface area (Å²) in [4.78, 5) is 9.98. The predicted octanol–water partition coefficient (Wildman–Crippen LogP) is 1.03. The van der Waals surface area contributed by atoms with Gasteiger partial charge in [0.05, 0.1) is 5.60 Å². The lowest BCUT2D eigenvalue weighted by Crippen LogP contribution is -2.37. The number of anilines is 2. The Bertz CT molecular complexity index is 330. The minimum absolute atomic E-state index is 0.398. The van der Waals surface area contributed by atoms with Crippen molar-refractivity contribution in [3.63, 3.8) is 0 Å². The van der Waals surface area contributed by atoms with Crippen LogP contribution in [-0.4, -0.2) is 34.3 Å². The van der Waals surface area contributed by atoms with E-state index in [-0.39, 0.29) is 0 Å². The van der Waals surface area contributed by atoms with Gasteiger partial charge in [-0.1, -0.05) is 0 Å². The van der Waals surface area contributed by atoms with Gasteiger partial charge in [0.15, 0.2) is 0 Å². The maximum Gasteiger partial charge on any atom is 0.228 e. The Morgan fingerprint density at radius 3 is 2.60 bits per heavy atom. The highest BCUT2D eigenvalue weighted by Gasteiger charge is 2.17. The van der Waals surface area contributed by atoms with Crippen LogP contribution in [-0.2, 0) is 0 Å². The highest BCUT2D eigenvalue weighted by molar-refractivity contribution is 9.10. The van der Waals surface area contributed by atoms with Crippen molar-refractivity contribution in [2.24, 2.45) is 0 Å². The van der Waals surface area contributed by atoms with Gasteiger partial charge in [-0.05, 0) is 29.8 Å². The van der Waals surface area contributed by atoms with Crippen molar-refractivity contribution in [3.8, 4) is 0 Å². The number of halogens is 1. The number of aliphatic hydroxyl groups is 1. The summed E-state index contributed by atoms with van der Waals surface area (Å²) in [6.07, 6.45) is 0. The predicted molar refractivity (Wildman–Crippen MR) is 63.7 cm³/mol. The molecule has 84 valence electrons. The molecule has 0 saturated carbocycles. The summed E-state index contributed by atoms with van der Waals surface area (Å²) in [7, 11) is 1.80. The van der Waals surface area contributed by atoms with Gasteiger partial charge in [0.1, 0.15) is 10.4 Å². The number of nitrogens with two attached hydrogens (primary N) is 1. The molecule has 0 unspecified atom stereocenters. The molecule has 15 heavy (non-hydrogen) atoms. The molecule has 0 amide bonds. The van der Waals surface area contributed by atoms with Gasteiger partial charge < -0.3 is 15.7 Å². The first-order valence-corrected chi connectivity index (χ1v) is 5.31. The molecule has 1 aromatic rings. The van der Waals surface area contributed by atoms with E-state index in [4.69, 9.17) is 5.73 Å². The summed E-state index contributed by atoms with van der Waals surface area (Å²) in [6.45, 7) is 3.89. The second-order valence-corrected chi connectivity index (χ2v) is 4.90. The van der Waals surface area contributed by atoms with Crippen LogP contribution in [0.5, 0.6) is 0 Å². The second kappa shape index (κ2) is 4.32. The van der Waals surface area contributed by atoms with Gasteiger partial charge in [-0.15, -0.1) is 0 Å². The lowest BCUT2D eigenvalue weighted by atomic mass is 10.1. The van der Waals surface area contributed by atoms with Crippen molar-refractivity contribution < 1.29 is 5.11 Å². The monoisotopic (exact) mass is 274 g/mol. The molecule has 1 heterocycles. The fourth-order valence-corrected chi connectivity index (χ4v) is 1.64. The minimum Gasteiger partial charge on any atom is -0.389 e. The maximum atomic E-state index is 9.65. The molecule has 0 spiro atoms. The highest BCUT2D eigenvalue weighted by atomic mass is 79.9. The molecule has 1 rings (SSSR count). The Kier molecular flexibility index (Phi) is 3.51. The van der Waals surface area contributed by atoms with Crippen LogP contribution in [0.4, 0.5) is 11.8 Å². The minimum atomic E-state index is -0.796. The van der Waals surface area contributed by atoms with Crippen LogP contribution in [0.25, 0.3) is 0 Å². The van der Waals surface area contributed by atoms with E-state index in [0.717, 1.165) is 0 Å². The molecule has 0 aliphatic carbocycles. The van der Waals surface area contributed by atoms with Crippen molar-refractivity contribution in [2.45, 2.75) is 19.4 Å². The molecule has 0 fully saturated rings. The number of hydrogen-bond donors (Lipinski definition) is 2. The molecule has 0 aliphatic heterocycles. The molecule has 0 aliphatic rings. The van der Waals surface area contributed by atoms with E-state index in [2.05, 4.69) is 25.9 Å². The molecule has 0 atom stereocenters. The van der Waals surface area contributed by atoms with Crippen LogP contribution in [0.3, 0.4) is 0 Å². The smallest absolute Gasteiger partial charge is 0.228 e. The number of hydrogen-bond acceptors (Lipinski definition) is 5.